The molecule has 1 aromatic carbocycles. The van der Waals surface area contributed by atoms with Crippen LogP contribution in [-0.2, 0) is 0 Å². The molecule has 0 saturated heterocycles. The van der Waals surface area contributed by atoms with E-state index in [1.807, 2.05) is 45.2 Å². The van der Waals surface area contributed by atoms with Gasteiger partial charge in [0.05, 0.1) is 13.2 Å². The van der Waals surface area contributed by atoms with Gasteiger partial charge < -0.3 is 15.6 Å². The Morgan fingerprint density at radius 3 is 2.26 bits per heavy atom. The zero-order valence-electron chi connectivity index (χ0n) is 12.3. The van der Waals surface area contributed by atoms with E-state index in [4.69, 9.17) is 10.5 Å². The van der Waals surface area contributed by atoms with E-state index >= 15 is 0 Å². The monoisotopic (exact) mass is 266 g/mol. The largest absolute Gasteiger partial charge is 0.497 e. The standard InChI is InChI=1S/C15H26N2O2/c1-11(18)9-10-17(3)15(12(2)16)13-5-7-14(19-4)8-6-13/h5-8,11-12,15,18H,9-10,16H2,1-4H3. The molecule has 4 nitrogen and oxygen atoms in total. The van der Waals surface area contributed by atoms with Crippen LogP contribution in [0, 0.1) is 0 Å². The first-order valence-electron chi connectivity index (χ1n) is 6.73. The molecule has 108 valence electrons. The summed E-state index contributed by atoms with van der Waals surface area (Å²) in [5.74, 6) is 0.846. The Hall–Kier alpha value is -1.10. The van der Waals surface area contributed by atoms with Crippen molar-refractivity contribution < 1.29 is 9.84 Å². The van der Waals surface area contributed by atoms with Gasteiger partial charge in [-0.1, -0.05) is 12.1 Å². The highest BCUT2D eigenvalue weighted by Crippen LogP contribution is 2.24. The number of rotatable bonds is 7. The maximum atomic E-state index is 9.39. The fraction of sp³-hybridized carbons (Fsp3) is 0.600. The SMILES string of the molecule is COc1ccc(C(C(C)N)N(C)CCC(C)O)cc1. The molecule has 1 rings (SSSR count). The van der Waals surface area contributed by atoms with Crippen LogP contribution in [0.1, 0.15) is 31.9 Å². The molecule has 3 N–H and O–H groups in total. The average Bonchev–Trinajstić information content (AvgIpc) is 2.37. The lowest BCUT2D eigenvalue weighted by atomic mass is 9.99. The summed E-state index contributed by atoms with van der Waals surface area (Å²) in [7, 11) is 3.70. The van der Waals surface area contributed by atoms with E-state index in [0.717, 1.165) is 18.7 Å². The van der Waals surface area contributed by atoms with Crippen LogP contribution in [0.4, 0.5) is 0 Å². The summed E-state index contributed by atoms with van der Waals surface area (Å²) in [5, 5.41) is 9.39. The first-order chi connectivity index (χ1) is 8.95. The molecule has 0 heterocycles. The molecule has 1 aromatic rings. The second-order valence-electron chi connectivity index (χ2n) is 5.20. The van der Waals surface area contributed by atoms with E-state index in [1.165, 1.54) is 5.56 Å². The molecule has 3 unspecified atom stereocenters. The number of likely N-dealkylation sites (N-methyl/N-ethyl adjacent to an activating group) is 1. The summed E-state index contributed by atoms with van der Waals surface area (Å²) in [6, 6.07) is 8.16. The van der Waals surface area contributed by atoms with Crippen LogP contribution in [0.25, 0.3) is 0 Å². The molecule has 0 fully saturated rings. The van der Waals surface area contributed by atoms with Crippen LogP contribution >= 0.6 is 0 Å². The number of aliphatic hydroxyl groups excluding tert-OH is 1. The molecule has 0 aliphatic carbocycles. The topological polar surface area (TPSA) is 58.7 Å². The maximum Gasteiger partial charge on any atom is 0.118 e. The van der Waals surface area contributed by atoms with Crippen molar-refractivity contribution >= 4 is 0 Å². The third-order valence-corrected chi connectivity index (χ3v) is 3.33. The second-order valence-corrected chi connectivity index (χ2v) is 5.20. The van der Waals surface area contributed by atoms with Gasteiger partial charge in [0.15, 0.2) is 0 Å². The first-order valence-corrected chi connectivity index (χ1v) is 6.73. The molecule has 0 aliphatic rings. The average molecular weight is 266 g/mol. The fourth-order valence-corrected chi connectivity index (χ4v) is 2.29. The zero-order chi connectivity index (χ0) is 14.4. The van der Waals surface area contributed by atoms with Crippen molar-refractivity contribution in [3.63, 3.8) is 0 Å². The summed E-state index contributed by atoms with van der Waals surface area (Å²) >= 11 is 0. The number of benzene rings is 1. The molecule has 0 saturated carbocycles. The lowest BCUT2D eigenvalue weighted by Gasteiger charge is -2.32. The molecule has 0 radical (unpaired) electrons. The second kappa shape index (κ2) is 7.48. The maximum absolute atomic E-state index is 9.39. The summed E-state index contributed by atoms with van der Waals surface area (Å²) in [4.78, 5) is 2.19. The summed E-state index contributed by atoms with van der Waals surface area (Å²) in [5.41, 5.74) is 7.28. The van der Waals surface area contributed by atoms with E-state index in [1.54, 1.807) is 7.11 Å². The van der Waals surface area contributed by atoms with Crippen molar-refractivity contribution in [3.8, 4) is 5.75 Å². The Balaban J connectivity index is 2.80. The van der Waals surface area contributed by atoms with Gasteiger partial charge in [-0.3, -0.25) is 4.90 Å². The van der Waals surface area contributed by atoms with Gasteiger partial charge in [0, 0.05) is 18.6 Å². The lowest BCUT2D eigenvalue weighted by molar-refractivity contribution is 0.143. The molecule has 0 aliphatic heterocycles. The third-order valence-electron chi connectivity index (χ3n) is 3.33. The third kappa shape index (κ3) is 4.82. The van der Waals surface area contributed by atoms with Crippen molar-refractivity contribution in [2.75, 3.05) is 20.7 Å². The van der Waals surface area contributed by atoms with Gasteiger partial charge in [-0.05, 0) is 45.0 Å². The van der Waals surface area contributed by atoms with E-state index in [9.17, 15) is 5.11 Å². The van der Waals surface area contributed by atoms with Crippen molar-refractivity contribution in [1.29, 1.82) is 0 Å². The molecule has 3 atom stereocenters. The molecule has 19 heavy (non-hydrogen) atoms. The number of methoxy groups -OCH3 is 1. The summed E-state index contributed by atoms with van der Waals surface area (Å²) < 4.78 is 5.17. The minimum Gasteiger partial charge on any atom is -0.497 e. The Labute approximate surface area is 116 Å². The predicted molar refractivity (Wildman–Crippen MR) is 78.3 cm³/mol. The molecule has 4 heteroatoms. The van der Waals surface area contributed by atoms with Crippen LogP contribution in [0.2, 0.25) is 0 Å². The summed E-state index contributed by atoms with van der Waals surface area (Å²) in [6.07, 6.45) is 0.461. The van der Waals surface area contributed by atoms with Gasteiger partial charge in [-0.2, -0.15) is 0 Å². The smallest absolute Gasteiger partial charge is 0.118 e. The molecular weight excluding hydrogens is 240 g/mol. The Morgan fingerprint density at radius 2 is 1.84 bits per heavy atom. The van der Waals surface area contributed by atoms with Crippen molar-refractivity contribution in [3.05, 3.63) is 29.8 Å². The first kappa shape index (κ1) is 16.0. The Bertz CT molecular complexity index is 363. The van der Waals surface area contributed by atoms with E-state index in [2.05, 4.69) is 4.90 Å². The minimum atomic E-state index is -0.285. The zero-order valence-corrected chi connectivity index (χ0v) is 12.3. The van der Waals surface area contributed by atoms with Crippen molar-refractivity contribution in [2.45, 2.75) is 38.5 Å². The number of hydrogen-bond donors (Lipinski definition) is 2. The Kier molecular flexibility index (Phi) is 6.28. The van der Waals surface area contributed by atoms with Gasteiger partial charge in [0.1, 0.15) is 5.75 Å². The predicted octanol–water partition coefficient (Wildman–Crippen LogP) is 1.79. The van der Waals surface area contributed by atoms with E-state index in [0.29, 0.717) is 0 Å². The van der Waals surface area contributed by atoms with Crippen molar-refractivity contribution in [2.24, 2.45) is 5.73 Å². The Morgan fingerprint density at radius 1 is 1.26 bits per heavy atom. The van der Waals surface area contributed by atoms with Gasteiger partial charge in [-0.15, -0.1) is 0 Å². The van der Waals surface area contributed by atoms with Gasteiger partial charge in [-0.25, -0.2) is 0 Å². The molecular formula is C15H26N2O2. The normalized spacial score (nSPS) is 16.2. The number of nitrogens with zero attached hydrogens (tertiary/aromatic N) is 1. The summed E-state index contributed by atoms with van der Waals surface area (Å²) in [6.45, 7) is 4.63. The van der Waals surface area contributed by atoms with Gasteiger partial charge >= 0.3 is 0 Å². The van der Waals surface area contributed by atoms with Gasteiger partial charge in [0.25, 0.3) is 0 Å². The number of nitrogens with two attached hydrogens (primary N) is 1. The highest BCUT2D eigenvalue weighted by Gasteiger charge is 2.21. The minimum absolute atomic E-state index is 0.0207. The van der Waals surface area contributed by atoms with Gasteiger partial charge in [0.2, 0.25) is 0 Å². The molecule has 0 aromatic heterocycles. The number of hydrogen-bond acceptors (Lipinski definition) is 4. The lowest BCUT2D eigenvalue weighted by Crippen LogP contribution is -2.38. The molecule has 0 spiro atoms. The fourth-order valence-electron chi connectivity index (χ4n) is 2.29. The van der Waals surface area contributed by atoms with Crippen LogP contribution in [0.3, 0.4) is 0 Å². The highest BCUT2D eigenvalue weighted by atomic mass is 16.5. The van der Waals surface area contributed by atoms with Crippen LogP contribution in [-0.4, -0.2) is 42.9 Å². The quantitative estimate of drug-likeness (QED) is 0.790. The molecule has 0 bridgehead atoms. The van der Waals surface area contributed by atoms with E-state index < -0.39 is 0 Å². The number of ether oxygens (including phenoxy) is 1. The number of aliphatic hydroxyl groups is 1. The van der Waals surface area contributed by atoms with Crippen LogP contribution < -0.4 is 10.5 Å². The highest BCUT2D eigenvalue weighted by molar-refractivity contribution is 5.29. The van der Waals surface area contributed by atoms with E-state index in [-0.39, 0.29) is 18.2 Å². The molecule has 0 amide bonds. The van der Waals surface area contributed by atoms with Crippen LogP contribution in [0.15, 0.2) is 24.3 Å². The van der Waals surface area contributed by atoms with Crippen LogP contribution in [0.5, 0.6) is 5.75 Å². The van der Waals surface area contributed by atoms with Crippen molar-refractivity contribution in [1.82, 2.24) is 4.90 Å².